The van der Waals surface area contributed by atoms with Gasteiger partial charge in [0.1, 0.15) is 5.41 Å². The lowest BCUT2D eigenvalue weighted by molar-refractivity contribution is -0.135. The van der Waals surface area contributed by atoms with Crippen LogP contribution >= 0.6 is 11.6 Å². The number of allylic oxidation sites excluding steroid dienone is 1. The molecule has 0 radical (unpaired) electrons. The first-order valence-corrected chi connectivity index (χ1v) is 8.01. The third-order valence-electron chi connectivity index (χ3n) is 4.93. The number of rotatable bonds is 1. The molecule has 1 heterocycles. The average molecular weight is 341 g/mol. The second kappa shape index (κ2) is 5.32. The second-order valence-corrected chi connectivity index (χ2v) is 7.15. The zero-order chi connectivity index (χ0) is 17.7. The Morgan fingerprint density at radius 1 is 1.21 bits per heavy atom. The number of benzene rings is 1. The van der Waals surface area contributed by atoms with Crippen molar-refractivity contribution in [2.45, 2.75) is 19.3 Å². The minimum atomic E-state index is -1.13. The summed E-state index contributed by atoms with van der Waals surface area (Å²) in [6, 6.07) is 7.02. The van der Waals surface area contributed by atoms with E-state index in [0.717, 1.165) is 11.1 Å². The zero-order valence-corrected chi connectivity index (χ0v) is 14.5. The van der Waals surface area contributed by atoms with Crippen molar-refractivity contribution in [3.05, 3.63) is 69.7 Å². The van der Waals surface area contributed by atoms with Crippen LogP contribution in [-0.2, 0) is 15.0 Å². The minimum Gasteiger partial charge on any atom is -0.341 e. The van der Waals surface area contributed by atoms with E-state index in [9.17, 15) is 9.59 Å². The van der Waals surface area contributed by atoms with Crippen LogP contribution in [0.5, 0.6) is 0 Å². The van der Waals surface area contributed by atoms with E-state index in [1.807, 2.05) is 6.08 Å². The summed E-state index contributed by atoms with van der Waals surface area (Å²) in [7, 11) is 1.72. The van der Waals surface area contributed by atoms with Gasteiger partial charge in [-0.3, -0.25) is 4.79 Å². The summed E-state index contributed by atoms with van der Waals surface area (Å²) in [6.45, 7) is 11.4. The number of fused-ring (bicyclic) bond motifs is 1. The molecular weight excluding hydrogens is 324 g/mol. The smallest absolute Gasteiger partial charge is 0.240 e. The molecule has 5 heteroatoms. The Labute approximate surface area is 146 Å². The number of Topliss-reactive ketones (excluding diaryl/α,β-unsaturated/α-hetero) is 1. The molecule has 3 rings (SSSR count). The van der Waals surface area contributed by atoms with Crippen molar-refractivity contribution in [1.29, 1.82) is 0 Å². The minimum absolute atomic E-state index is 0.00995. The fourth-order valence-corrected chi connectivity index (χ4v) is 3.77. The van der Waals surface area contributed by atoms with Crippen LogP contribution in [0.4, 0.5) is 0 Å². The van der Waals surface area contributed by atoms with Crippen molar-refractivity contribution in [1.82, 2.24) is 4.90 Å². The normalized spacial score (nSPS) is 25.5. The van der Waals surface area contributed by atoms with Gasteiger partial charge < -0.3 is 9.69 Å². The summed E-state index contributed by atoms with van der Waals surface area (Å²) in [5, 5.41) is 0.567. The fourth-order valence-electron chi connectivity index (χ4n) is 3.65. The Morgan fingerprint density at radius 2 is 1.83 bits per heavy atom. The summed E-state index contributed by atoms with van der Waals surface area (Å²) >= 11 is 6.00. The Bertz CT molecular complexity index is 843. The van der Waals surface area contributed by atoms with E-state index in [1.165, 1.54) is 6.08 Å². The van der Waals surface area contributed by atoms with Crippen molar-refractivity contribution in [3.8, 4) is 0 Å². The first-order valence-electron chi connectivity index (χ1n) is 7.63. The molecule has 1 atom stereocenters. The van der Waals surface area contributed by atoms with Gasteiger partial charge in [-0.15, -0.1) is 0 Å². The highest BCUT2D eigenvalue weighted by molar-refractivity contribution is 6.30. The lowest BCUT2D eigenvalue weighted by atomic mass is 9.57. The number of amides is 1. The number of ketones is 1. The number of hydrogen-bond acceptors (Lipinski definition) is 2. The molecule has 0 unspecified atom stereocenters. The van der Waals surface area contributed by atoms with Crippen LogP contribution in [-0.4, -0.2) is 30.2 Å². The van der Waals surface area contributed by atoms with E-state index in [2.05, 4.69) is 4.85 Å². The van der Waals surface area contributed by atoms with Crippen LogP contribution in [0, 0.1) is 12.0 Å². The first-order chi connectivity index (χ1) is 11.2. The van der Waals surface area contributed by atoms with Crippen LogP contribution in [0.2, 0.25) is 5.02 Å². The zero-order valence-electron chi connectivity index (χ0n) is 13.8. The van der Waals surface area contributed by atoms with E-state index < -0.39 is 10.8 Å². The van der Waals surface area contributed by atoms with Crippen LogP contribution in [0.3, 0.4) is 0 Å². The Kier molecular flexibility index (Phi) is 3.65. The Balaban J connectivity index is 2.40. The number of hydrogen-bond donors (Lipinski definition) is 0. The predicted molar refractivity (Wildman–Crippen MR) is 92.3 cm³/mol. The molecule has 0 aromatic heterocycles. The molecule has 0 saturated heterocycles. The van der Waals surface area contributed by atoms with Crippen LogP contribution < -0.4 is 0 Å². The highest BCUT2D eigenvalue weighted by Gasteiger charge is 2.56. The van der Waals surface area contributed by atoms with Gasteiger partial charge in [-0.2, -0.15) is 0 Å². The molecule has 4 nitrogen and oxygen atoms in total. The standard InChI is InChI=1S/C19H17ClN2O2/c1-18(2)15-9-10-22(4)17(24)19(15,11-14(21-3)16(18)23)12-5-7-13(20)8-6-12/h5-9,11H,10H2,1-2,4H3/t19-/m1/s1. The quantitative estimate of drug-likeness (QED) is 0.581. The van der Waals surface area contributed by atoms with Crippen molar-refractivity contribution in [2.24, 2.45) is 5.41 Å². The van der Waals surface area contributed by atoms with E-state index >= 15 is 0 Å². The predicted octanol–water partition coefficient (Wildman–Crippen LogP) is 3.39. The van der Waals surface area contributed by atoms with Gasteiger partial charge in [0, 0.05) is 24.0 Å². The van der Waals surface area contributed by atoms with Gasteiger partial charge in [0.05, 0.1) is 6.57 Å². The number of nitrogens with zero attached hydrogens (tertiary/aromatic N) is 2. The highest BCUT2D eigenvalue weighted by atomic mass is 35.5. The van der Waals surface area contributed by atoms with E-state index in [4.69, 9.17) is 18.2 Å². The summed E-state index contributed by atoms with van der Waals surface area (Å²) < 4.78 is 0. The molecule has 24 heavy (non-hydrogen) atoms. The second-order valence-electron chi connectivity index (χ2n) is 6.71. The number of halogens is 1. The molecule has 1 aliphatic carbocycles. The molecule has 0 fully saturated rings. The third-order valence-corrected chi connectivity index (χ3v) is 5.18. The molecule has 0 N–H and O–H groups in total. The maximum atomic E-state index is 13.2. The van der Waals surface area contributed by atoms with Gasteiger partial charge in [-0.1, -0.05) is 49.7 Å². The van der Waals surface area contributed by atoms with Crippen LogP contribution in [0.15, 0.2) is 47.7 Å². The Morgan fingerprint density at radius 3 is 2.42 bits per heavy atom. The molecule has 1 aliphatic heterocycles. The topological polar surface area (TPSA) is 41.7 Å². The van der Waals surface area contributed by atoms with E-state index in [0.29, 0.717) is 11.6 Å². The van der Waals surface area contributed by atoms with Gasteiger partial charge >= 0.3 is 0 Å². The maximum Gasteiger partial charge on any atom is 0.240 e. The van der Waals surface area contributed by atoms with Crippen molar-refractivity contribution in [3.63, 3.8) is 0 Å². The molecule has 0 spiro atoms. The van der Waals surface area contributed by atoms with E-state index in [1.54, 1.807) is 50.1 Å². The van der Waals surface area contributed by atoms with E-state index in [-0.39, 0.29) is 17.4 Å². The lowest BCUT2D eigenvalue weighted by Crippen LogP contribution is -2.55. The van der Waals surface area contributed by atoms with Gasteiger partial charge in [-0.05, 0) is 23.3 Å². The molecule has 122 valence electrons. The summed E-state index contributed by atoms with van der Waals surface area (Å²) in [4.78, 5) is 30.9. The first kappa shape index (κ1) is 16.5. The largest absolute Gasteiger partial charge is 0.341 e. The van der Waals surface area contributed by atoms with Gasteiger partial charge in [0.25, 0.3) is 0 Å². The number of carbonyl (C=O) groups excluding carboxylic acids is 2. The SMILES string of the molecule is [C-]#[N+]C1=C[C@]2(c3ccc(Cl)cc3)C(=O)N(C)CC=C2C(C)(C)C1=O. The Hall–Kier alpha value is -2.38. The summed E-state index contributed by atoms with van der Waals surface area (Å²) in [5.74, 6) is -0.380. The van der Waals surface area contributed by atoms with Crippen molar-refractivity contribution < 1.29 is 9.59 Å². The molecular formula is C19H17ClN2O2. The highest BCUT2D eigenvalue weighted by Crippen LogP contribution is 2.51. The molecule has 2 aliphatic rings. The van der Waals surface area contributed by atoms with Crippen molar-refractivity contribution >= 4 is 23.3 Å². The molecule has 1 aromatic carbocycles. The molecule has 1 amide bonds. The fraction of sp³-hybridized carbons (Fsp3) is 0.316. The van der Waals surface area contributed by atoms with Crippen molar-refractivity contribution in [2.75, 3.05) is 13.6 Å². The van der Waals surface area contributed by atoms with Gasteiger partial charge in [0.15, 0.2) is 5.78 Å². The molecule has 0 saturated carbocycles. The third kappa shape index (κ3) is 2.05. The monoisotopic (exact) mass is 340 g/mol. The maximum absolute atomic E-state index is 13.2. The summed E-state index contributed by atoms with van der Waals surface area (Å²) in [5.41, 5.74) is -0.579. The number of carbonyl (C=O) groups is 2. The van der Waals surface area contributed by atoms with Crippen LogP contribution in [0.25, 0.3) is 4.85 Å². The van der Waals surface area contributed by atoms with Gasteiger partial charge in [-0.25, -0.2) is 4.85 Å². The summed E-state index contributed by atoms with van der Waals surface area (Å²) in [6.07, 6.45) is 3.46. The number of likely N-dealkylation sites (N-methyl/N-ethyl adjacent to an activating group) is 1. The molecule has 0 bridgehead atoms. The van der Waals surface area contributed by atoms with Crippen LogP contribution in [0.1, 0.15) is 19.4 Å². The lowest BCUT2D eigenvalue weighted by Gasteiger charge is -2.48. The van der Waals surface area contributed by atoms with Gasteiger partial charge in [0.2, 0.25) is 11.6 Å². The average Bonchev–Trinajstić information content (AvgIpc) is 2.55. The molecule has 1 aromatic rings.